The maximum atomic E-state index is 13.3. The van der Waals surface area contributed by atoms with Gasteiger partial charge in [0.1, 0.15) is 23.8 Å². The number of carbonyl (C=O) groups excluding carboxylic acids is 1. The van der Waals surface area contributed by atoms with Gasteiger partial charge < -0.3 is 9.47 Å². The number of nitrogens with zero attached hydrogens (tertiary/aromatic N) is 3. The van der Waals surface area contributed by atoms with Gasteiger partial charge in [-0.05, 0) is 49.4 Å². The number of carbonyl (C=O) groups is 1. The van der Waals surface area contributed by atoms with Crippen LogP contribution in [0.2, 0.25) is 5.02 Å². The zero-order chi connectivity index (χ0) is 19.7. The van der Waals surface area contributed by atoms with E-state index in [1.807, 2.05) is 19.1 Å². The largest absolute Gasteiger partial charge is 0.497 e. The first-order chi connectivity index (χ1) is 13.5. The van der Waals surface area contributed by atoms with Gasteiger partial charge in [-0.15, -0.1) is 0 Å². The maximum absolute atomic E-state index is 13.3. The Balaban J connectivity index is 1.72. The summed E-state index contributed by atoms with van der Waals surface area (Å²) in [6.45, 7) is 2.69. The highest BCUT2D eigenvalue weighted by molar-refractivity contribution is 6.30. The summed E-state index contributed by atoms with van der Waals surface area (Å²) in [4.78, 5) is 23.9. The second-order valence-electron chi connectivity index (χ2n) is 6.36. The van der Waals surface area contributed by atoms with Crippen molar-refractivity contribution in [1.29, 1.82) is 0 Å². The van der Waals surface area contributed by atoms with Gasteiger partial charge in [0.15, 0.2) is 5.82 Å². The zero-order valence-corrected chi connectivity index (χ0v) is 16.2. The van der Waals surface area contributed by atoms with Gasteiger partial charge in [-0.3, -0.25) is 9.69 Å². The molecule has 1 aliphatic heterocycles. The molecule has 0 atom stereocenters. The molecule has 0 aliphatic carbocycles. The SMILES string of the molecule is COc1ccc2c(c1)N(C(=O)c1cc(C)nc(-c3ccc(Cl)cc3)n1)CCO2. The minimum atomic E-state index is -0.210. The zero-order valence-electron chi connectivity index (χ0n) is 15.5. The lowest BCUT2D eigenvalue weighted by molar-refractivity contribution is 0.0971. The number of hydrogen-bond acceptors (Lipinski definition) is 5. The Kier molecular flexibility index (Phi) is 4.88. The third kappa shape index (κ3) is 3.51. The lowest BCUT2D eigenvalue weighted by Gasteiger charge is -2.29. The molecule has 142 valence electrons. The van der Waals surface area contributed by atoms with E-state index in [9.17, 15) is 4.79 Å². The molecule has 1 amide bonds. The average Bonchev–Trinajstić information content (AvgIpc) is 2.72. The minimum absolute atomic E-state index is 0.210. The molecule has 4 rings (SSSR count). The first kappa shape index (κ1) is 18.3. The van der Waals surface area contributed by atoms with E-state index < -0.39 is 0 Å². The fraction of sp³-hybridized carbons (Fsp3) is 0.190. The molecule has 0 N–H and O–H groups in total. The second kappa shape index (κ2) is 7.48. The number of ether oxygens (including phenoxy) is 2. The molecule has 0 radical (unpaired) electrons. The van der Waals surface area contributed by atoms with E-state index in [2.05, 4.69) is 9.97 Å². The van der Waals surface area contributed by atoms with Gasteiger partial charge in [0.25, 0.3) is 5.91 Å². The molecule has 1 aliphatic rings. The Morgan fingerprint density at radius 1 is 1.14 bits per heavy atom. The summed E-state index contributed by atoms with van der Waals surface area (Å²) in [5.41, 5.74) is 2.50. The maximum Gasteiger partial charge on any atom is 0.277 e. The number of amides is 1. The molecular formula is C21H18ClN3O3. The van der Waals surface area contributed by atoms with E-state index >= 15 is 0 Å². The van der Waals surface area contributed by atoms with Gasteiger partial charge in [-0.2, -0.15) is 0 Å². The van der Waals surface area contributed by atoms with Crippen molar-refractivity contribution >= 4 is 23.2 Å². The molecule has 0 saturated heterocycles. The van der Waals surface area contributed by atoms with Crippen LogP contribution in [-0.4, -0.2) is 36.1 Å². The Morgan fingerprint density at radius 2 is 1.93 bits per heavy atom. The highest BCUT2D eigenvalue weighted by atomic mass is 35.5. The van der Waals surface area contributed by atoms with E-state index in [-0.39, 0.29) is 5.91 Å². The van der Waals surface area contributed by atoms with Crippen LogP contribution in [0.4, 0.5) is 5.69 Å². The third-order valence-electron chi connectivity index (χ3n) is 4.45. The molecule has 0 fully saturated rings. The number of benzene rings is 2. The number of fused-ring (bicyclic) bond motifs is 1. The van der Waals surface area contributed by atoms with Gasteiger partial charge in [0, 0.05) is 22.3 Å². The molecule has 3 aromatic rings. The quantitative estimate of drug-likeness (QED) is 0.666. The summed E-state index contributed by atoms with van der Waals surface area (Å²) >= 11 is 5.96. The van der Waals surface area contributed by atoms with Crippen molar-refractivity contribution in [1.82, 2.24) is 9.97 Å². The molecule has 7 heteroatoms. The van der Waals surface area contributed by atoms with Gasteiger partial charge >= 0.3 is 0 Å². The van der Waals surface area contributed by atoms with E-state index in [1.54, 1.807) is 48.4 Å². The number of anilines is 1. The molecule has 0 unspecified atom stereocenters. The molecule has 0 spiro atoms. The van der Waals surface area contributed by atoms with Gasteiger partial charge in [0.2, 0.25) is 0 Å². The van der Waals surface area contributed by atoms with Crippen molar-refractivity contribution in [2.24, 2.45) is 0 Å². The Hall–Kier alpha value is -3.12. The first-order valence-corrected chi connectivity index (χ1v) is 9.17. The van der Waals surface area contributed by atoms with Crippen molar-refractivity contribution in [3.63, 3.8) is 0 Å². The van der Waals surface area contributed by atoms with Gasteiger partial charge in [0.05, 0.1) is 19.3 Å². The molecule has 6 nitrogen and oxygen atoms in total. The lowest BCUT2D eigenvalue weighted by atomic mass is 10.1. The molecular weight excluding hydrogens is 378 g/mol. The molecule has 0 bridgehead atoms. The normalized spacial score (nSPS) is 12.9. The highest BCUT2D eigenvalue weighted by Gasteiger charge is 2.27. The van der Waals surface area contributed by atoms with Crippen molar-refractivity contribution in [2.75, 3.05) is 25.2 Å². The molecule has 1 aromatic heterocycles. The fourth-order valence-corrected chi connectivity index (χ4v) is 3.21. The van der Waals surface area contributed by atoms with Crippen LogP contribution >= 0.6 is 11.6 Å². The fourth-order valence-electron chi connectivity index (χ4n) is 3.08. The van der Waals surface area contributed by atoms with Crippen LogP contribution in [0.3, 0.4) is 0 Å². The number of methoxy groups -OCH3 is 1. The number of aromatic nitrogens is 2. The van der Waals surface area contributed by atoms with Crippen molar-refractivity contribution in [3.8, 4) is 22.9 Å². The minimum Gasteiger partial charge on any atom is -0.497 e. The van der Waals surface area contributed by atoms with Crippen molar-refractivity contribution < 1.29 is 14.3 Å². The number of halogens is 1. The second-order valence-corrected chi connectivity index (χ2v) is 6.80. The Morgan fingerprint density at radius 3 is 2.68 bits per heavy atom. The molecule has 2 aromatic carbocycles. The summed E-state index contributed by atoms with van der Waals surface area (Å²) in [7, 11) is 1.59. The number of aryl methyl sites for hydroxylation is 1. The van der Waals surface area contributed by atoms with Crippen LogP contribution in [0.1, 0.15) is 16.2 Å². The average molecular weight is 396 g/mol. The lowest BCUT2D eigenvalue weighted by Crippen LogP contribution is -2.38. The number of hydrogen-bond donors (Lipinski definition) is 0. The third-order valence-corrected chi connectivity index (χ3v) is 4.70. The standard InChI is InChI=1S/C21H18ClN3O3/c1-13-11-17(24-20(23-13)14-3-5-15(22)6-4-14)21(26)25-9-10-28-19-8-7-16(27-2)12-18(19)25/h3-8,11-12H,9-10H2,1-2H3. The van der Waals surface area contributed by atoms with Crippen LogP contribution in [0.25, 0.3) is 11.4 Å². The highest BCUT2D eigenvalue weighted by Crippen LogP contribution is 2.35. The summed E-state index contributed by atoms with van der Waals surface area (Å²) in [5, 5.41) is 0.631. The smallest absolute Gasteiger partial charge is 0.277 e. The summed E-state index contributed by atoms with van der Waals surface area (Å²) in [6, 6.07) is 14.3. The Labute approximate surface area is 167 Å². The van der Waals surface area contributed by atoms with Gasteiger partial charge in [-0.25, -0.2) is 9.97 Å². The van der Waals surface area contributed by atoms with Gasteiger partial charge in [-0.1, -0.05) is 11.6 Å². The number of rotatable bonds is 3. The Bertz CT molecular complexity index is 1040. The van der Waals surface area contributed by atoms with Crippen molar-refractivity contribution in [2.45, 2.75) is 6.92 Å². The van der Waals surface area contributed by atoms with Crippen LogP contribution in [0.5, 0.6) is 11.5 Å². The predicted molar refractivity (Wildman–Crippen MR) is 107 cm³/mol. The molecule has 2 heterocycles. The summed E-state index contributed by atoms with van der Waals surface area (Å²) in [6.07, 6.45) is 0. The predicted octanol–water partition coefficient (Wildman–Crippen LogP) is 4.15. The molecule has 0 saturated carbocycles. The van der Waals surface area contributed by atoms with Crippen molar-refractivity contribution in [3.05, 3.63) is 64.9 Å². The van der Waals surface area contributed by atoms with E-state index in [0.717, 1.165) is 5.56 Å². The summed E-state index contributed by atoms with van der Waals surface area (Å²) in [5.74, 6) is 1.57. The molecule has 28 heavy (non-hydrogen) atoms. The van der Waals surface area contributed by atoms with Crippen LogP contribution < -0.4 is 14.4 Å². The van der Waals surface area contributed by atoms with E-state index in [0.29, 0.717) is 52.6 Å². The monoisotopic (exact) mass is 395 g/mol. The summed E-state index contributed by atoms with van der Waals surface area (Å²) < 4.78 is 11.0. The van der Waals surface area contributed by atoms with E-state index in [1.165, 1.54) is 0 Å². The van der Waals surface area contributed by atoms with E-state index in [4.69, 9.17) is 21.1 Å². The van der Waals surface area contributed by atoms with Crippen LogP contribution in [-0.2, 0) is 0 Å². The van der Waals surface area contributed by atoms with Crippen LogP contribution in [0, 0.1) is 6.92 Å². The van der Waals surface area contributed by atoms with Crippen LogP contribution in [0.15, 0.2) is 48.5 Å². The first-order valence-electron chi connectivity index (χ1n) is 8.79. The topological polar surface area (TPSA) is 64.5 Å².